The van der Waals surface area contributed by atoms with Crippen molar-refractivity contribution in [2.24, 2.45) is 11.8 Å². The minimum Gasteiger partial charge on any atom is -0.478 e. The number of aryl methyl sites for hydroxylation is 1. The third-order valence-corrected chi connectivity index (χ3v) is 8.15. The maximum Gasteiger partial charge on any atom is 0.335 e. The number of piperidine rings is 1. The second kappa shape index (κ2) is 12.7. The van der Waals surface area contributed by atoms with E-state index in [9.17, 15) is 14.3 Å². The summed E-state index contributed by atoms with van der Waals surface area (Å²) in [5, 5.41) is 18.0. The molecule has 44 heavy (non-hydrogen) atoms. The fourth-order valence-corrected chi connectivity index (χ4v) is 5.67. The highest BCUT2D eigenvalue weighted by Gasteiger charge is 2.45. The Morgan fingerprint density at radius 3 is 2.68 bits per heavy atom. The number of aromatic nitrogens is 5. The van der Waals surface area contributed by atoms with E-state index in [1.807, 2.05) is 24.7 Å². The van der Waals surface area contributed by atoms with Gasteiger partial charge in [0.1, 0.15) is 18.2 Å². The molecule has 1 aliphatic carbocycles. The van der Waals surface area contributed by atoms with Crippen molar-refractivity contribution in [1.29, 1.82) is 5.26 Å². The van der Waals surface area contributed by atoms with Crippen molar-refractivity contribution in [1.82, 2.24) is 29.0 Å². The molecular weight excluding hydrogens is 561 g/mol. The summed E-state index contributed by atoms with van der Waals surface area (Å²) >= 11 is 0. The van der Waals surface area contributed by atoms with Crippen LogP contribution in [0.4, 0.5) is 4.39 Å². The van der Waals surface area contributed by atoms with Crippen molar-refractivity contribution in [3.63, 3.8) is 0 Å². The van der Waals surface area contributed by atoms with Crippen LogP contribution in [0.2, 0.25) is 0 Å². The highest BCUT2D eigenvalue weighted by Crippen LogP contribution is 2.45. The van der Waals surface area contributed by atoms with Crippen molar-refractivity contribution < 1.29 is 19.0 Å². The lowest BCUT2D eigenvalue weighted by Crippen LogP contribution is -2.24. The molecule has 1 N–H and O–H groups in total. The zero-order valence-electron chi connectivity index (χ0n) is 24.3. The monoisotopic (exact) mass is 593 g/mol. The summed E-state index contributed by atoms with van der Waals surface area (Å²) in [7, 11) is 0. The van der Waals surface area contributed by atoms with Gasteiger partial charge in [0.05, 0.1) is 53.3 Å². The van der Waals surface area contributed by atoms with E-state index >= 15 is 0 Å². The molecule has 1 saturated carbocycles. The van der Waals surface area contributed by atoms with Crippen molar-refractivity contribution in [2.75, 3.05) is 13.1 Å². The Morgan fingerprint density at radius 1 is 1.14 bits per heavy atom. The number of carboxylic acid groups (broad SMARTS) is 1. The van der Waals surface area contributed by atoms with Gasteiger partial charge in [0.25, 0.3) is 0 Å². The van der Waals surface area contributed by atoms with E-state index in [2.05, 4.69) is 30.9 Å². The third-order valence-electron chi connectivity index (χ3n) is 8.15. The number of imidazole rings is 2. The minimum atomic E-state index is -0.913. The van der Waals surface area contributed by atoms with Crippen molar-refractivity contribution >= 4 is 17.0 Å². The number of likely N-dealkylation sites (tertiary alicyclic amines) is 1. The number of aromatic carboxylic acids is 1. The first-order valence-corrected chi connectivity index (χ1v) is 14.6. The molecule has 0 bridgehead atoms. The Morgan fingerprint density at radius 2 is 1.98 bits per heavy atom. The number of nitriles is 1. The van der Waals surface area contributed by atoms with E-state index in [-0.39, 0.29) is 6.61 Å². The summed E-state index contributed by atoms with van der Waals surface area (Å²) in [5.41, 5.74) is 3.81. The van der Waals surface area contributed by atoms with Crippen LogP contribution in [0.5, 0.6) is 5.88 Å². The van der Waals surface area contributed by atoms with Gasteiger partial charge in [0.2, 0.25) is 5.88 Å². The summed E-state index contributed by atoms with van der Waals surface area (Å²) in [5.74, 6) is 1.84. The number of carbonyl (C=O) groups is 1. The highest BCUT2D eigenvalue weighted by molar-refractivity contribution is 5.92. The average Bonchev–Trinajstić information content (AvgIpc) is 3.34. The lowest BCUT2D eigenvalue weighted by Gasteiger charge is -2.18. The number of carboxylic acids is 1. The summed E-state index contributed by atoms with van der Waals surface area (Å²) in [4.78, 5) is 27.0. The number of fused-ring (bicyclic) bond motifs is 2. The van der Waals surface area contributed by atoms with E-state index in [1.165, 1.54) is 18.6 Å². The molecule has 10 nitrogen and oxygen atoms in total. The SMILES string of the molecule is CCn1cncc1Cn1c(CN2CC3CC3C2)nc2ccc(C(=O)O)cc21.N#Cc1ccc(COc2ccccn2)c(F)c1. The smallest absolute Gasteiger partial charge is 0.335 e. The van der Waals surface area contributed by atoms with E-state index in [1.54, 1.807) is 42.6 Å². The van der Waals surface area contributed by atoms with Crippen LogP contribution in [0, 0.1) is 29.0 Å². The summed E-state index contributed by atoms with van der Waals surface area (Å²) in [6.07, 6.45) is 6.70. The molecule has 5 aromatic rings. The fraction of sp³-hybridized carbons (Fsp3) is 0.303. The highest BCUT2D eigenvalue weighted by atomic mass is 19.1. The predicted molar refractivity (Wildman–Crippen MR) is 160 cm³/mol. The van der Waals surface area contributed by atoms with Gasteiger partial charge in [0, 0.05) is 43.7 Å². The second-order valence-corrected chi connectivity index (χ2v) is 11.1. The summed E-state index contributed by atoms with van der Waals surface area (Å²) in [6.45, 7) is 6.80. The van der Waals surface area contributed by atoms with Crippen molar-refractivity contribution in [3.8, 4) is 11.9 Å². The molecule has 4 heterocycles. The lowest BCUT2D eigenvalue weighted by molar-refractivity contribution is 0.0697. The first-order valence-electron chi connectivity index (χ1n) is 14.6. The number of halogens is 1. The van der Waals surface area contributed by atoms with Crippen LogP contribution >= 0.6 is 0 Å². The Balaban J connectivity index is 0.000000174. The number of pyridine rings is 1. The molecule has 7 rings (SSSR count). The van der Waals surface area contributed by atoms with Crippen molar-refractivity contribution in [3.05, 3.63) is 107 Å². The van der Waals surface area contributed by atoms with Crippen LogP contribution in [-0.4, -0.2) is 53.2 Å². The molecule has 2 aliphatic rings. The third kappa shape index (κ3) is 6.45. The number of nitrogens with zero attached hydrogens (tertiary/aromatic N) is 7. The van der Waals surface area contributed by atoms with Gasteiger partial charge in [-0.1, -0.05) is 12.1 Å². The fourth-order valence-electron chi connectivity index (χ4n) is 5.67. The van der Waals surface area contributed by atoms with E-state index in [0.717, 1.165) is 60.6 Å². The minimum absolute atomic E-state index is 0.0918. The molecule has 2 unspecified atom stereocenters. The predicted octanol–water partition coefficient (Wildman–Crippen LogP) is 5.12. The van der Waals surface area contributed by atoms with Gasteiger partial charge in [-0.3, -0.25) is 4.90 Å². The topological polar surface area (TPSA) is 122 Å². The molecule has 0 amide bonds. The van der Waals surface area contributed by atoms with Crippen LogP contribution in [0.3, 0.4) is 0 Å². The largest absolute Gasteiger partial charge is 0.478 e. The summed E-state index contributed by atoms with van der Waals surface area (Å²) < 4.78 is 23.1. The molecule has 2 aromatic carbocycles. The molecule has 3 aromatic heterocycles. The van der Waals surface area contributed by atoms with Crippen LogP contribution in [0.15, 0.2) is 73.3 Å². The van der Waals surface area contributed by atoms with Crippen molar-refractivity contribution in [2.45, 2.75) is 39.6 Å². The molecular formula is C33H32FN7O3. The molecule has 0 spiro atoms. The molecule has 224 valence electrons. The zero-order chi connectivity index (χ0) is 30.6. The Bertz CT molecular complexity index is 1820. The molecule has 0 radical (unpaired) electrons. The first kappa shape index (κ1) is 29.0. The maximum atomic E-state index is 13.5. The molecule has 2 fully saturated rings. The standard InChI is InChI=1S/C20H23N5O2.C13H9FN2O/c1-2-24-12-21-7-16(24)10-25-18-6-13(20(26)27)3-4-17(18)22-19(25)11-23-8-14-5-15(14)9-23;14-12-7-10(8-15)4-5-11(12)9-17-13-3-1-2-6-16-13/h3-4,6-7,12,14-15H,2,5,8-11H2,1H3,(H,26,27);1-7H,9H2. The Labute approximate surface area is 254 Å². The van der Waals surface area contributed by atoms with Gasteiger partial charge >= 0.3 is 5.97 Å². The van der Waals surface area contributed by atoms with Gasteiger partial charge in [-0.15, -0.1) is 0 Å². The van der Waals surface area contributed by atoms with Gasteiger partial charge in [-0.25, -0.2) is 24.1 Å². The number of hydrogen-bond acceptors (Lipinski definition) is 7. The van der Waals surface area contributed by atoms with Crippen LogP contribution in [-0.2, 0) is 26.2 Å². The average molecular weight is 594 g/mol. The van der Waals surface area contributed by atoms with E-state index in [0.29, 0.717) is 29.1 Å². The zero-order valence-corrected chi connectivity index (χ0v) is 24.3. The molecule has 1 aliphatic heterocycles. The number of benzene rings is 2. The van der Waals surface area contributed by atoms with Gasteiger partial charge < -0.3 is 19.0 Å². The molecule has 1 saturated heterocycles. The molecule has 11 heteroatoms. The number of hydrogen-bond donors (Lipinski definition) is 1. The van der Waals surface area contributed by atoms with Gasteiger partial charge in [-0.2, -0.15) is 5.26 Å². The first-order chi connectivity index (χ1) is 21.4. The normalized spacial score (nSPS) is 17.0. The van der Waals surface area contributed by atoms with Gasteiger partial charge in [-0.05, 0) is 61.6 Å². The van der Waals surface area contributed by atoms with Crippen LogP contribution in [0.25, 0.3) is 11.0 Å². The summed E-state index contributed by atoms with van der Waals surface area (Å²) in [6, 6.07) is 16.6. The molecule has 2 atom stereocenters. The quantitative estimate of drug-likeness (QED) is 0.250. The Kier molecular flexibility index (Phi) is 8.34. The number of ether oxygens (including phenoxy) is 1. The van der Waals surface area contributed by atoms with E-state index < -0.39 is 11.8 Å². The van der Waals surface area contributed by atoms with Crippen LogP contribution < -0.4 is 4.74 Å². The van der Waals surface area contributed by atoms with Gasteiger partial charge in [0.15, 0.2) is 0 Å². The number of rotatable bonds is 9. The van der Waals surface area contributed by atoms with Crippen LogP contribution in [0.1, 0.15) is 46.3 Å². The Hall–Kier alpha value is -5.08. The van der Waals surface area contributed by atoms with E-state index in [4.69, 9.17) is 15.0 Å². The maximum absolute atomic E-state index is 13.5. The second-order valence-electron chi connectivity index (χ2n) is 11.1. The lowest BCUT2D eigenvalue weighted by atomic mass is 10.1.